The standard InChI is InChI=1S/C20H30NO2/c1-4-12-21(3)17-10-11-18(21)14-19(13-17)23-20(22)15(2)16-8-6-5-7-9-16/h5-9,15,17-19H,4,10-14H2,1-3H3/q+1. The maximum atomic E-state index is 12.5. The fourth-order valence-corrected chi connectivity index (χ4v) is 4.78. The molecule has 0 aromatic heterocycles. The molecule has 2 bridgehead atoms. The summed E-state index contributed by atoms with van der Waals surface area (Å²) >= 11 is 0. The zero-order valence-electron chi connectivity index (χ0n) is 14.7. The number of fused-ring (bicyclic) bond motifs is 2. The largest absolute Gasteiger partial charge is 0.461 e. The number of carbonyl (C=O) groups excluding carboxylic acids is 1. The summed E-state index contributed by atoms with van der Waals surface area (Å²) in [5.41, 5.74) is 1.04. The van der Waals surface area contributed by atoms with Crippen LogP contribution in [0.3, 0.4) is 0 Å². The second kappa shape index (κ2) is 6.64. The van der Waals surface area contributed by atoms with E-state index in [1.807, 2.05) is 37.3 Å². The van der Waals surface area contributed by atoms with E-state index in [1.54, 1.807) is 0 Å². The lowest BCUT2D eigenvalue weighted by molar-refractivity contribution is -0.949. The van der Waals surface area contributed by atoms with Gasteiger partial charge >= 0.3 is 5.97 Å². The van der Waals surface area contributed by atoms with Crippen LogP contribution in [-0.2, 0) is 9.53 Å². The highest BCUT2D eigenvalue weighted by molar-refractivity contribution is 5.77. The van der Waals surface area contributed by atoms with E-state index in [1.165, 1.54) is 30.3 Å². The van der Waals surface area contributed by atoms with E-state index in [-0.39, 0.29) is 18.0 Å². The Balaban J connectivity index is 1.61. The van der Waals surface area contributed by atoms with Crippen LogP contribution in [0.2, 0.25) is 0 Å². The summed E-state index contributed by atoms with van der Waals surface area (Å²) in [5, 5.41) is 0. The Labute approximate surface area is 140 Å². The summed E-state index contributed by atoms with van der Waals surface area (Å²) < 4.78 is 7.12. The van der Waals surface area contributed by atoms with Gasteiger partial charge in [0.2, 0.25) is 0 Å². The smallest absolute Gasteiger partial charge is 0.313 e. The van der Waals surface area contributed by atoms with E-state index < -0.39 is 0 Å². The molecule has 1 aromatic carbocycles. The van der Waals surface area contributed by atoms with E-state index >= 15 is 0 Å². The third-order valence-corrected chi connectivity index (χ3v) is 6.21. The van der Waals surface area contributed by atoms with E-state index in [0.29, 0.717) is 12.1 Å². The van der Waals surface area contributed by atoms with Gasteiger partial charge in [-0.1, -0.05) is 37.3 Å². The third-order valence-electron chi connectivity index (χ3n) is 6.21. The fraction of sp³-hybridized carbons (Fsp3) is 0.650. The molecule has 3 unspecified atom stereocenters. The van der Waals surface area contributed by atoms with Gasteiger partial charge in [-0.15, -0.1) is 0 Å². The first-order chi connectivity index (χ1) is 11.0. The molecule has 0 spiro atoms. The molecular weight excluding hydrogens is 286 g/mol. The minimum Gasteiger partial charge on any atom is -0.461 e. The molecule has 3 rings (SSSR count). The van der Waals surface area contributed by atoms with Crippen molar-refractivity contribution in [2.75, 3.05) is 13.6 Å². The minimum atomic E-state index is -0.174. The van der Waals surface area contributed by atoms with Crippen molar-refractivity contribution in [3.05, 3.63) is 35.9 Å². The van der Waals surface area contributed by atoms with Crippen molar-refractivity contribution in [2.24, 2.45) is 0 Å². The topological polar surface area (TPSA) is 26.3 Å². The van der Waals surface area contributed by atoms with Crippen LogP contribution in [0, 0.1) is 0 Å². The second-order valence-corrected chi connectivity index (χ2v) is 7.62. The quantitative estimate of drug-likeness (QED) is 0.608. The van der Waals surface area contributed by atoms with Gasteiger partial charge in [0.1, 0.15) is 6.10 Å². The molecule has 0 radical (unpaired) electrons. The molecule has 0 aliphatic carbocycles. The van der Waals surface area contributed by atoms with E-state index in [0.717, 1.165) is 18.4 Å². The molecule has 2 aliphatic heterocycles. The van der Waals surface area contributed by atoms with Gasteiger partial charge in [-0.3, -0.25) is 4.79 Å². The van der Waals surface area contributed by atoms with Gasteiger partial charge in [0.15, 0.2) is 0 Å². The Kier molecular flexibility index (Phi) is 4.77. The lowest BCUT2D eigenvalue weighted by atomic mass is 9.95. The number of hydrogen-bond donors (Lipinski definition) is 0. The highest BCUT2D eigenvalue weighted by atomic mass is 16.5. The number of carbonyl (C=O) groups is 1. The molecule has 3 atom stereocenters. The average molecular weight is 316 g/mol. The van der Waals surface area contributed by atoms with E-state index in [9.17, 15) is 4.79 Å². The van der Waals surface area contributed by atoms with Gasteiger partial charge in [0, 0.05) is 25.7 Å². The summed E-state index contributed by atoms with van der Waals surface area (Å²) in [7, 11) is 2.41. The summed E-state index contributed by atoms with van der Waals surface area (Å²) in [6.45, 7) is 5.49. The van der Waals surface area contributed by atoms with Crippen molar-refractivity contribution in [2.45, 2.75) is 70.1 Å². The van der Waals surface area contributed by atoms with Gasteiger partial charge in [-0.25, -0.2) is 0 Å². The molecule has 2 heterocycles. The normalized spacial score (nSPS) is 34.1. The van der Waals surface area contributed by atoms with Crippen LogP contribution in [-0.4, -0.2) is 42.2 Å². The van der Waals surface area contributed by atoms with Crippen LogP contribution >= 0.6 is 0 Å². The van der Waals surface area contributed by atoms with Gasteiger partial charge in [-0.05, 0) is 18.9 Å². The van der Waals surface area contributed by atoms with Crippen LogP contribution in [0.5, 0.6) is 0 Å². The first-order valence-corrected chi connectivity index (χ1v) is 9.15. The molecular formula is C20H30NO2+. The second-order valence-electron chi connectivity index (χ2n) is 7.62. The Bertz CT molecular complexity index is 528. The predicted molar refractivity (Wildman–Crippen MR) is 92.1 cm³/mol. The third kappa shape index (κ3) is 3.16. The molecule has 0 saturated carbocycles. The predicted octanol–water partition coefficient (Wildman–Crippen LogP) is 3.88. The van der Waals surface area contributed by atoms with Crippen LogP contribution in [0.4, 0.5) is 0 Å². The molecule has 126 valence electrons. The van der Waals surface area contributed by atoms with Crippen molar-refractivity contribution >= 4 is 5.97 Å². The van der Waals surface area contributed by atoms with Crippen LogP contribution < -0.4 is 0 Å². The number of ether oxygens (including phenoxy) is 1. The summed E-state index contributed by atoms with van der Waals surface area (Å²) in [5.74, 6) is -0.237. The van der Waals surface area contributed by atoms with Gasteiger partial charge in [0.05, 0.1) is 31.6 Å². The lowest BCUT2D eigenvalue weighted by Crippen LogP contribution is -2.59. The molecule has 3 heteroatoms. The number of rotatable bonds is 5. The Morgan fingerprint density at radius 1 is 1.22 bits per heavy atom. The Morgan fingerprint density at radius 2 is 1.83 bits per heavy atom. The summed E-state index contributed by atoms with van der Waals surface area (Å²) in [4.78, 5) is 12.5. The highest BCUT2D eigenvalue weighted by Crippen LogP contribution is 2.42. The van der Waals surface area contributed by atoms with Crippen molar-refractivity contribution in [3.8, 4) is 0 Å². The van der Waals surface area contributed by atoms with Crippen LogP contribution in [0.15, 0.2) is 30.3 Å². The number of benzene rings is 1. The first kappa shape index (κ1) is 16.5. The van der Waals surface area contributed by atoms with Crippen LogP contribution in [0.25, 0.3) is 0 Å². The average Bonchev–Trinajstić information content (AvgIpc) is 2.74. The van der Waals surface area contributed by atoms with Crippen molar-refractivity contribution in [1.29, 1.82) is 0 Å². The monoisotopic (exact) mass is 316 g/mol. The minimum absolute atomic E-state index is 0.0628. The maximum Gasteiger partial charge on any atom is 0.313 e. The molecule has 2 saturated heterocycles. The molecule has 2 fully saturated rings. The first-order valence-electron chi connectivity index (χ1n) is 9.15. The van der Waals surface area contributed by atoms with Gasteiger partial charge in [0.25, 0.3) is 0 Å². The van der Waals surface area contributed by atoms with Gasteiger partial charge in [-0.2, -0.15) is 0 Å². The highest BCUT2D eigenvalue weighted by Gasteiger charge is 2.51. The number of hydrogen-bond acceptors (Lipinski definition) is 2. The zero-order chi connectivity index (χ0) is 16.4. The molecule has 0 N–H and O–H groups in total. The zero-order valence-corrected chi connectivity index (χ0v) is 14.7. The number of quaternary nitrogens is 1. The fourth-order valence-electron chi connectivity index (χ4n) is 4.78. The Hall–Kier alpha value is -1.35. The number of esters is 1. The molecule has 2 aliphatic rings. The Morgan fingerprint density at radius 3 is 2.39 bits per heavy atom. The maximum absolute atomic E-state index is 12.5. The van der Waals surface area contributed by atoms with Crippen molar-refractivity contribution in [3.63, 3.8) is 0 Å². The van der Waals surface area contributed by atoms with E-state index in [4.69, 9.17) is 4.74 Å². The molecule has 23 heavy (non-hydrogen) atoms. The SMILES string of the molecule is CCC[N+]1(C)C2CCC1CC(OC(=O)C(C)c1ccccc1)C2. The van der Waals surface area contributed by atoms with Crippen molar-refractivity contribution < 1.29 is 14.0 Å². The van der Waals surface area contributed by atoms with E-state index in [2.05, 4.69) is 14.0 Å². The van der Waals surface area contributed by atoms with Crippen molar-refractivity contribution in [1.82, 2.24) is 0 Å². The molecule has 3 nitrogen and oxygen atoms in total. The summed E-state index contributed by atoms with van der Waals surface area (Å²) in [6.07, 6.45) is 6.03. The molecule has 0 amide bonds. The lowest BCUT2D eigenvalue weighted by Gasteiger charge is -2.46. The number of piperidine rings is 1. The summed E-state index contributed by atoms with van der Waals surface area (Å²) in [6, 6.07) is 11.3. The molecule has 1 aromatic rings. The van der Waals surface area contributed by atoms with Gasteiger partial charge < -0.3 is 9.22 Å². The van der Waals surface area contributed by atoms with Crippen LogP contribution in [0.1, 0.15) is 57.4 Å². The number of nitrogens with zero attached hydrogens (tertiary/aromatic N) is 1.